The van der Waals surface area contributed by atoms with Gasteiger partial charge in [0, 0.05) is 18.6 Å². The zero-order valence-corrected chi connectivity index (χ0v) is 8.18. The lowest BCUT2D eigenvalue weighted by Crippen LogP contribution is -2.61. The molecule has 2 nitrogen and oxygen atoms in total. The Morgan fingerprint density at radius 2 is 1.77 bits per heavy atom. The Labute approximate surface area is 76.9 Å². The summed E-state index contributed by atoms with van der Waals surface area (Å²) in [6, 6.07) is 0. The number of hydrogen-bond acceptors (Lipinski definition) is 2. The smallest absolute Gasteiger partial charge is 0.297 e. The predicted molar refractivity (Wildman–Crippen MR) is 45.8 cm³/mol. The summed E-state index contributed by atoms with van der Waals surface area (Å²) < 4.78 is 25.5. The Kier molecular flexibility index (Phi) is 2.45. The van der Waals surface area contributed by atoms with Gasteiger partial charge in [-0.2, -0.15) is 8.78 Å². The number of hydrogen-bond donors (Lipinski definition) is 0. The molecule has 0 aromatic rings. The molecule has 1 aliphatic rings. The SMILES string of the molecule is CC(C)(C)N1CC(C(F)(F)C=O)C1. The Hall–Kier alpha value is -0.510. The fourth-order valence-electron chi connectivity index (χ4n) is 1.37. The second-order valence-corrected chi connectivity index (χ2v) is 4.57. The van der Waals surface area contributed by atoms with Gasteiger partial charge >= 0.3 is 5.92 Å². The third-order valence-electron chi connectivity index (χ3n) is 2.53. The highest BCUT2D eigenvalue weighted by atomic mass is 19.3. The highest BCUT2D eigenvalue weighted by Gasteiger charge is 2.48. The maximum absolute atomic E-state index is 12.8. The fraction of sp³-hybridized carbons (Fsp3) is 0.889. The fourth-order valence-corrected chi connectivity index (χ4v) is 1.37. The van der Waals surface area contributed by atoms with Gasteiger partial charge in [0.2, 0.25) is 0 Å². The van der Waals surface area contributed by atoms with Crippen LogP contribution in [0.15, 0.2) is 0 Å². The van der Waals surface area contributed by atoms with Crippen molar-refractivity contribution >= 4 is 6.29 Å². The van der Waals surface area contributed by atoms with Crippen LogP contribution in [0, 0.1) is 5.92 Å². The normalized spacial score (nSPS) is 21.3. The molecule has 1 rings (SSSR count). The molecule has 0 atom stereocenters. The second kappa shape index (κ2) is 3.01. The van der Waals surface area contributed by atoms with Crippen molar-refractivity contribution in [1.29, 1.82) is 0 Å². The van der Waals surface area contributed by atoms with E-state index in [1.54, 1.807) is 0 Å². The van der Waals surface area contributed by atoms with Crippen molar-refractivity contribution in [1.82, 2.24) is 4.90 Å². The van der Waals surface area contributed by atoms with Crippen LogP contribution in [0.1, 0.15) is 20.8 Å². The van der Waals surface area contributed by atoms with Gasteiger partial charge in [0.15, 0.2) is 6.29 Å². The first-order valence-corrected chi connectivity index (χ1v) is 4.36. The molecule has 0 bridgehead atoms. The first kappa shape index (κ1) is 10.6. The maximum Gasteiger partial charge on any atom is 0.307 e. The molecule has 1 saturated heterocycles. The Bertz CT molecular complexity index is 204. The molecule has 0 aromatic heterocycles. The largest absolute Gasteiger partial charge is 0.307 e. The summed E-state index contributed by atoms with van der Waals surface area (Å²) in [7, 11) is 0. The highest BCUT2D eigenvalue weighted by molar-refractivity contribution is 5.60. The van der Waals surface area contributed by atoms with E-state index in [0.717, 1.165) is 0 Å². The van der Waals surface area contributed by atoms with Gasteiger partial charge in [-0.05, 0) is 20.8 Å². The number of halogens is 2. The molecule has 0 aliphatic carbocycles. The summed E-state index contributed by atoms with van der Waals surface area (Å²) in [6.45, 7) is 6.55. The zero-order chi connectivity index (χ0) is 10.3. The van der Waals surface area contributed by atoms with Crippen molar-refractivity contribution in [3.8, 4) is 0 Å². The summed E-state index contributed by atoms with van der Waals surface area (Å²) in [5, 5.41) is 0. The number of alkyl halides is 2. The lowest BCUT2D eigenvalue weighted by molar-refractivity contribution is -0.156. The summed E-state index contributed by atoms with van der Waals surface area (Å²) in [6.07, 6.45) is -0.238. The van der Waals surface area contributed by atoms with E-state index in [2.05, 4.69) is 0 Å². The van der Waals surface area contributed by atoms with Gasteiger partial charge in [0.25, 0.3) is 0 Å². The van der Waals surface area contributed by atoms with Crippen LogP contribution in [-0.4, -0.2) is 35.7 Å². The molecule has 76 valence electrons. The third kappa shape index (κ3) is 2.05. The monoisotopic (exact) mass is 191 g/mol. The lowest BCUT2D eigenvalue weighted by atomic mass is 9.88. The molecule has 0 aromatic carbocycles. The van der Waals surface area contributed by atoms with Crippen molar-refractivity contribution < 1.29 is 13.6 Å². The molecule has 0 spiro atoms. The molecule has 0 amide bonds. The first-order valence-electron chi connectivity index (χ1n) is 4.36. The molecular formula is C9H15F2NO. The van der Waals surface area contributed by atoms with Crippen LogP contribution in [0.4, 0.5) is 8.78 Å². The summed E-state index contributed by atoms with van der Waals surface area (Å²) in [5.74, 6) is -3.92. The number of carbonyl (C=O) groups is 1. The van der Waals surface area contributed by atoms with Crippen molar-refractivity contribution in [2.45, 2.75) is 32.2 Å². The number of likely N-dealkylation sites (tertiary alicyclic amines) is 1. The summed E-state index contributed by atoms with van der Waals surface area (Å²) >= 11 is 0. The van der Waals surface area contributed by atoms with Crippen molar-refractivity contribution in [2.24, 2.45) is 5.92 Å². The summed E-state index contributed by atoms with van der Waals surface area (Å²) in [4.78, 5) is 12.0. The molecule has 1 aliphatic heterocycles. The van der Waals surface area contributed by atoms with Gasteiger partial charge in [0.1, 0.15) is 0 Å². The Morgan fingerprint density at radius 3 is 2.08 bits per heavy atom. The average molecular weight is 191 g/mol. The van der Waals surface area contributed by atoms with Gasteiger partial charge in [-0.1, -0.05) is 0 Å². The van der Waals surface area contributed by atoms with Gasteiger partial charge in [-0.15, -0.1) is 0 Å². The number of nitrogens with zero attached hydrogens (tertiary/aromatic N) is 1. The minimum atomic E-state index is -3.14. The van der Waals surface area contributed by atoms with E-state index in [1.165, 1.54) is 0 Å². The van der Waals surface area contributed by atoms with Gasteiger partial charge in [0.05, 0.1) is 5.92 Å². The molecule has 1 fully saturated rings. The van der Waals surface area contributed by atoms with Gasteiger partial charge in [-0.25, -0.2) is 0 Å². The van der Waals surface area contributed by atoms with E-state index in [4.69, 9.17) is 0 Å². The zero-order valence-electron chi connectivity index (χ0n) is 8.18. The minimum absolute atomic E-state index is 0.0739. The molecule has 0 N–H and O–H groups in total. The van der Waals surface area contributed by atoms with Gasteiger partial charge in [-0.3, -0.25) is 9.69 Å². The van der Waals surface area contributed by atoms with Crippen molar-refractivity contribution in [2.75, 3.05) is 13.1 Å². The predicted octanol–water partition coefficient (Wildman–Crippen LogP) is 1.55. The van der Waals surface area contributed by atoms with Crippen LogP contribution in [0.5, 0.6) is 0 Å². The standard InChI is InChI=1S/C9H15F2NO/c1-8(2,3)12-4-7(5-12)9(10,11)6-13/h6-7H,4-5H2,1-3H3. The van der Waals surface area contributed by atoms with Crippen LogP contribution in [-0.2, 0) is 4.79 Å². The molecule has 0 saturated carbocycles. The Balaban J connectivity index is 2.46. The van der Waals surface area contributed by atoms with E-state index in [-0.39, 0.29) is 11.8 Å². The number of aldehydes is 1. The topological polar surface area (TPSA) is 20.3 Å². The van der Waals surface area contributed by atoms with E-state index in [0.29, 0.717) is 13.1 Å². The van der Waals surface area contributed by atoms with E-state index in [1.807, 2.05) is 25.7 Å². The molecule has 13 heavy (non-hydrogen) atoms. The van der Waals surface area contributed by atoms with E-state index < -0.39 is 11.8 Å². The highest BCUT2D eigenvalue weighted by Crippen LogP contribution is 2.34. The van der Waals surface area contributed by atoms with Crippen molar-refractivity contribution in [3.63, 3.8) is 0 Å². The first-order chi connectivity index (χ1) is 5.77. The average Bonchev–Trinajstić information content (AvgIpc) is 1.79. The molecule has 0 radical (unpaired) electrons. The minimum Gasteiger partial charge on any atom is -0.297 e. The van der Waals surface area contributed by atoms with Crippen LogP contribution < -0.4 is 0 Å². The molecule has 4 heteroatoms. The number of carbonyl (C=O) groups excluding carboxylic acids is 1. The molecule has 1 heterocycles. The summed E-state index contributed by atoms with van der Waals surface area (Å²) in [5.41, 5.74) is -0.0739. The molecular weight excluding hydrogens is 176 g/mol. The van der Waals surface area contributed by atoms with Crippen LogP contribution in [0.3, 0.4) is 0 Å². The van der Waals surface area contributed by atoms with Crippen LogP contribution in [0.2, 0.25) is 0 Å². The second-order valence-electron chi connectivity index (χ2n) is 4.57. The lowest BCUT2D eigenvalue weighted by Gasteiger charge is -2.48. The van der Waals surface area contributed by atoms with E-state index in [9.17, 15) is 13.6 Å². The maximum atomic E-state index is 12.8. The van der Waals surface area contributed by atoms with Gasteiger partial charge < -0.3 is 0 Å². The Morgan fingerprint density at radius 1 is 1.31 bits per heavy atom. The van der Waals surface area contributed by atoms with Crippen LogP contribution >= 0.6 is 0 Å². The third-order valence-corrected chi connectivity index (χ3v) is 2.53. The molecule has 0 unspecified atom stereocenters. The van der Waals surface area contributed by atoms with Crippen molar-refractivity contribution in [3.05, 3.63) is 0 Å². The quantitative estimate of drug-likeness (QED) is 0.617. The van der Waals surface area contributed by atoms with E-state index >= 15 is 0 Å². The van der Waals surface area contributed by atoms with Crippen LogP contribution in [0.25, 0.3) is 0 Å². The number of rotatable bonds is 2.